The molecule has 0 fully saturated rings. The van der Waals surface area contributed by atoms with Crippen LogP contribution in [0.3, 0.4) is 0 Å². The van der Waals surface area contributed by atoms with E-state index in [0.717, 1.165) is 11.1 Å². The number of hydrogen-bond acceptors (Lipinski definition) is 5. The molecule has 2 atom stereocenters. The van der Waals surface area contributed by atoms with Gasteiger partial charge in [0.15, 0.2) is 21.3 Å². The first-order chi connectivity index (χ1) is 16.2. The minimum atomic E-state index is -4.10. The number of ether oxygens (including phenoxy) is 2. The summed E-state index contributed by atoms with van der Waals surface area (Å²) in [5, 5.41) is 8.80. The van der Waals surface area contributed by atoms with Gasteiger partial charge in [0.2, 0.25) is 0 Å². The van der Waals surface area contributed by atoms with Gasteiger partial charge >= 0.3 is 5.97 Å². The molecule has 0 saturated heterocycles. The smallest absolute Gasteiger partial charge is 0.308 e. The molecule has 3 aromatic carbocycles. The lowest BCUT2D eigenvalue weighted by Gasteiger charge is -2.26. The largest absolute Gasteiger partial charge is 0.493 e. The molecule has 0 spiro atoms. The minimum absolute atomic E-state index is 0.00667. The summed E-state index contributed by atoms with van der Waals surface area (Å²) in [6.07, 6.45) is 0.215. The topological polar surface area (TPSA) is 89.9 Å². The summed E-state index contributed by atoms with van der Waals surface area (Å²) in [4.78, 5) is 12.3. The van der Waals surface area contributed by atoms with E-state index < -0.39 is 27.0 Å². The molecular weight excluding hydrogens is 452 g/mol. The SMILES string of the molecule is COc1ccc(S(=O)(=O)C(c2ccc(-c3ccccc3)cc2)C(CC(C)C)C(=O)O)cc1OC. The van der Waals surface area contributed by atoms with E-state index in [9.17, 15) is 18.3 Å². The summed E-state index contributed by atoms with van der Waals surface area (Å²) in [5.74, 6) is -1.62. The van der Waals surface area contributed by atoms with Gasteiger partial charge < -0.3 is 14.6 Å². The highest BCUT2D eigenvalue weighted by molar-refractivity contribution is 7.91. The van der Waals surface area contributed by atoms with Gasteiger partial charge in [-0.2, -0.15) is 0 Å². The van der Waals surface area contributed by atoms with Gasteiger partial charge in [0.25, 0.3) is 0 Å². The molecule has 0 bridgehead atoms. The third-order valence-corrected chi connectivity index (χ3v) is 7.95. The Balaban J connectivity index is 2.15. The Hall–Kier alpha value is -3.32. The number of benzene rings is 3. The van der Waals surface area contributed by atoms with Crippen molar-refractivity contribution < 1.29 is 27.8 Å². The second-order valence-corrected chi connectivity index (χ2v) is 10.6. The number of hydrogen-bond donors (Lipinski definition) is 1. The van der Waals surface area contributed by atoms with Crippen molar-refractivity contribution in [2.24, 2.45) is 11.8 Å². The monoisotopic (exact) mass is 482 g/mol. The summed E-state index contributed by atoms with van der Waals surface area (Å²) in [6, 6.07) is 21.1. The maximum absolute atomic E-state index is 13.9. The second-order valence-electron chi connectivity index (χ2n) is 8.54. The third kappa shape index (κ3) is 5.42. The van der Waals surface area contributed by atoms with Crippen molar-refractivity contribution in [3.05, 3.63) is 78.4 Å². The Bertz CT molecular complexity index is 1220. The average Bonchev–Trinajstić information content (AvgIpc) is 2.83. The second kappa shape index (κ2) is 10.7. The molecule has 0 radical (unpaired) electrons. The summed E-state index contributed by atoms with van der Waals surface area (Å²) >= 11 is 0. The van der Waals surface area contributed by atoms with E-state index in [2.05, 4.69) is 0 Å². The standard InChI is InChI=1S/C27H30O6S/c1-18(2)16-23(27(28)29)26(21-12-10-20(11-13-21)19-8-6-5-7-9-19)34(30,31)22-14-15-24(32-3)25(17-22)33-4/h5-15,17-18,23,26H,16H2,1-4H3,(H,28,29). The first-order valence-electron chi connectivity index (χ1n) is 11.0. The number of aliphatic carboxylic acids is 1. The van der Waals surface area contributed by atoms with E-state index in [1.54, 1.807) is 12.1 Å². The Kier molecular flexibility index (Phi) is 7.99. The van der Waals surface area contributed by atoms with Crippen LogP contribution in [0.4, 0.5) is 0 Å². The molecule has 0 saturated carbocycles. The summed E-state index contributed by atoms with van der Waals surface area (Å²) in [7, 11) is -1.21. The third-order valence-electron chi connectivity index (χ3n) is 5.77. The number of methoxy groups -OCH3 is 2. The zero-order valence-electron chi connectivity index (χ0n) is 19.8. The van der Waals surface area contributed by atoms with Crippen LogP contribution < -0.4 is 9.47 Å². The molecule has 0 aliphatic heterocycles. The Morgan fingerprint density at radius 3 is 1.97 bits per heavy atom. The molecule has 0 aromatic heterocycles. The van der Waals surface area contributed by atoms with E-state index in [-0.39, 0.29) is 23.0 Å². The van der Waals surface area contributed by atoms with Crippen LogP contribution >= 0.6 is 0 Å². The maximum atomic E-state index is 13.9. The van der Waals surface area contributed by atoms with Gasteiger partial charge in [-0.1, -0.05) is 68.4 Å². The fourth-order valence-corrected chi connectivity index (χ4v) is 6.12. The van der Waals surface area contributed by atoms with Crippen LogP contribution in [-0.2, 0) is 14.6 Å². The molecule has 34 heavy (non-hydrogen) atoms. The molecule has 2 unspecified atom stereocenters. The van der Waals surface area contributed by atoms with Crippen LogP contribution in [0, 0.1) is 11.8 Å². The Labute approximate surface area is 201 Å². The maximum Gasteiger partial charge on any atom is 0.308 e. The fourth-order valence-electron chi connectivity index (χ4n) is 4.13. The van der Waals surface area contributed by atoms with Crippen molar-refractivity contribution in [1.82, 2.24) is 0 Å². The van der Waals surface area contributed by atoms with E-state index in [1.807, 2.05) is 56.3 Å². The van der Waals surface area contributed by atoms with Crippen molar-refractivity contribution in [3.63, 3.8) is 0 Å². The highest BCUT2D eigenvalue weighted by Gasteiger charge is 2.40. The first kappa shape index (κ1) is 25.3. The molecule has 0 heterocycles. The highest BCUT2D eigenvalue weighted by atomic mass is 32.2. The quantitative estimate of drug-likeness (QED) is 0.403. The number of carboxylic acid groups (broad SMARTS) is 1. The van der Waals surface area contributed by atoms with Crippen molar-refractivity contribution in [2.45, 2.75) is 30.4 Å². The van der Waals surface area contributed by atoms with Crippen molar-refractivity contribution >= 4 is 15.8 Å². The lowest BCUT2D eigenvalue weighted by molar-refractivity contribution is -0.142. The fraction of sp³-hybridized carbons (Fsp3) is 0.296. The normalized spacial score (nSPS) is 13.3. The van der Waals surface area contributed by atoms with E-state index in [0.29, 0.717) is 11.3 Å². The molecular formula is C27H30O6S. The number of sulfone groups is 1. The molecule has 0 aliphatic carbocycles. The van der Waals surface area contributed by atoms with Crippen LogP contribution in [0.15, 0.2) is 77.7 Å². The van der Waals surface area contributed by atoms with E-state index in [1.165, 1.54) is 32.4 Å². The highest BCUT2D eigenvalue weighted by Crippen LogP contribution is 2.41. The van der Waals surface area contributed by atoms with Gasteiger partial charge in [-0.3, -0.25) is 4.79 Å². The molecule has 0 aliphatic rings. The molecule has 6 nitrogen and oxygen atoms in total. The van der Waals surface area contributed by atoms with Gasteiger partial charge in [0, 0.05) is 6.07 Å². The van der Waals surface area contributed by atoms with Gasteiger partial charge in [0.1, 0.15) is 5.25 Å². The number of carbonyl (C=O) groups is 1. The Morgan fingerprint density at radius 2 is 1.44 bits per heavy atom. The van der Waals surface area contributed by atoms with Gasteiger partial charge in [-0.15, -0.1) is 0 Å². The van der Waals surface area contributed by atoms with Crippen LogP contribution in [0.2, 0.25) is 0 Å². The number of carboxylic acids is 1. The van der Waals surface area contributed by atoms with Gasteiger partial charge in [0.05, 0.1) is 25.0 Å². The zero-order chi connectivity index (χ0) is 24.9. The summed E-state index contributed by atoms with van der Waals surface area (Å²) in [6.45, 7) is 3.77. The van der Waals surface area contributed by atoms with Crippen LogP contribution in [0.5, 0.6) is 11.5 Å². The minimum Gasteiger partial charge on any atom is -0.493 e. The molecule has 7 heteroatoms. The molecule has 180 valence electrons. The molecule has 0 amide bonds. The van der Waals surface area contributed by atoms with E-state index in [4.69, 9.17) is 9.47 Å². The molecule has 3 aromatic rings. The summed E-state index contributed by atoms with van der Waals surface area (Å²) in [5.41, 5.74) is 2.34. The first-order valence-corrected chi connectivity index (χ1v) is 12.6. The van der Waals surface area contributed by atoms with Crippen LogP contribution in [0.25, 0.3) is 11.1 Å². The number of rotatable bonds is 10. The zero-order valence-corrected chi connectivity index (χ0v) is 20.6. The van der Waals surface area contributed by atoms with Crippen molar-refractivity contribution in [1.29, 1.82) is 0 Å². The average molecular weight is 483 g/mol. The van der Waals surface area contributed by atoms with Crippen LogP contribution in [0.1, 0.15) is 31.1 Å². The Morgan fingerprint density at radius 1 is 0.853 bits per heavy atom. The van der Waals surface area contributed by atoms with E-state index >= 15 is 0 Å². The van der Waals surface area contributed by atoms with Gasteiger partial charge in [-0.05, 0) is 41.2 Å². The molecule has 1 N–H and O–H groups in total. The van der Waals surface area contributed by atoms with Gasteiger partial charge in [-0.25, -0.2) is 8.42 Å². The van der Waals surface area contributed by atoms with Crippen molar-refractivity contribution in [2.75, 3.05) is 14.2 Å². The predicted octanol–water partition coefficient (Wildman–Crippen LogP) is 5.63. The summed E-state index contributed by atoms with van der Waals surface area (Å²) < 4.78 is 38.4. The lowest BCUT2D eigenvalue weighted by Crippen LogP contribution is -2.29. The predicted molar refractivity (Wildman–Crippen MR) is 132 cm³/mol. The van der Waals surface area contributed by atoms with Crippen molar-refractivity contribution in [3.8, 4) is 22.6 Å². The lowest BCUT2D eigenvalue weighted by atomic mass is 9.90. The van der Waals surface area contributed by atoms with Crippen LogP contribution in [-0.4, -0.2) is 33.7 Å². The molecule has 3 rings (SSSR count).